The van der Waals surface area contributed by atoms with Gasteiger partial charge < -0.3 is 29.0 Å². The summed E-state index contributed by atoms with van der Waals surface area (Å²) in [5.74, 6) is 0.202. The smallest absolute Gasteiger partial charge is 0.295 e. The van der Waals surface area contributed by atoms with E-state index in [2.05, 4.69) is 0 Å². The fourth-order valence-electron chi connectivity index (χ4n) is 4.61. The highest BCUT2D eigenvalue weighted by Gasteiger charge is 2.46. The Hall–Kier alpha value is -3.52. The minimum absolute atomic E-state index is 0.0321. The van der Waals surface area contributed by atoms with Crippen LogP contribution in [0.5, 0.6) is 17.2 Å². The molecule has 0 aliphatic carbocycles. The molecular weight excluding hydrogens is 450 g/mol. The summed E-state index contributed by atoms with van der Waals surface area (Å²) in [5.41, 5.74) is 2.08. The summed E-state index contributed by atoms with van der Waals surface area (Å²) in [6.45, 7) is 7.04. The third kappa shape index (κ3) is 4.71. The van der Waals surface area contributed by atoms with Crippen LogP contribution in [0.3, 0.4) is 0 Å². The Morgan fingerprint density at radius 2 is 1.83 bits per heavy atom. The molecule has 0 spiro atoms. The monoisotopic (exact) mass is 481 g/mol. The van der Waals surface area contributed by atoms with Crippen molar-refractivity contribution in [2.75, 3.05) is 33.5 Å². The molecule has 1 amide bonds. The molecule has 0 aromatic heterocycles. The predicted molar refractivity (Wildman–Crippen MR) is 130 cm³/mol. The van der Waals surface area contributed by atoms with Gasteiger partial charge in [-0.05, 0) is 62.2 Å². The van der Waals surface area contributed by atoms with Crippen molar-refractivity contribution in [2.24, 2.45) is 0 Å². The van der Waals surface area contributed by atoms with E-state index in [1.54, 1.807) is 30.3 Å². The number of rotatable bonds is 9. The Morgan fingerprint density at radius 1 is 1.09 bits per heavy atom. The first kappa shape index (κ1) is 24.6. The number of likely N-dealkylation sites (tertiary alicyclic amines) is 1. The topological polar surface area (TPSA) is 94.5 Å². The average molecular weight is 482 g/mol. The third-order valence-corrected chi connectivity index (χ3v) is 6.13. The average Bonchev–Trinajstić information content (AvgIpc) is 3.34. The van der Waals surface area contributed by atoms with E-state index in [0.717, 1.165) is 11.3 Å². The maximum Gasteiger partial charge on any atom is 0.295 e. The van der Waals surface area contributed by atoms with Crippen LogP contribution in [0.1, 0.15) is 43.5 Å². The third-order valence-electron chi connectivity index (χ3n) is 6.13. The van der Waals surface area contributed by atoms with Gasteiger partial charge in [0.2, 0.25) is 0 Å². The minimum atomic E-state index is -0.802. The van der Waals surface area contributed by atoms with E-state index >= 15 is 0 Å². The summed E-state index contributed by atoms with van der Waals surface area (Å²) in [4.78, 5) is 27.7. The summed E-state index contributed by atoms with van der Waals surface area (Å²) in [6.07, 6.45) is 0.751. The van der Waals surface area contributed by atoms with Gasteiger partial charge in [-0.3, -0.25) is 9.59 Å². The van der Waals surface area contributed by atoms with Crippen molar-refractivity contribution in [1.29, 1.82) is 0 Å². The zero-order chi connectivity index (χ0) is 25.1. The van der Waals surface area contributed by atoms with Crippen LogP contribution in [0.4, 0.5) is 0 Å². The summed E-state index contributed by atoms with van der Waals surface area (Å²) >= 11 is 0. The summed E-state index contributed by atoms with van der Waals surface area (Å²) < 4.78 is 22.4. The molecule has 186 valence electrons. The SMILES string of the molecule is CCOc1ccc([C@H]2/C(=C(\O)c3ccc4c(c3)C[C@H](C)O4)C(=O)C(=O)N2CCOC)cc1OCC. The van der Waals surface area contributed by atoms with Gasteiger partial charge in [-0.15, -0.1) is 0 Å². The van der Waals surface area contributed by atoms with Crippen LogP contribution in [0, 0.1) is 0 Å². The van der Waals surface area contributed by atoms with Crippen molar-refractivity contribution in [3.05, 3.63) is 58.7 Å². The largest absolute Gasteiger partial charge is 0.507 e. The Balaban J connectivity index is 1.84. The molecule has 4 rings (SSSR count). The number of aliphatic hydroxyl groups is 1. The van der Waals surface area contributed by atoms with Crippen LogP contribution < -0.4 is 14.2 Å². The predicted octanol–water partition coefficient (Wildman–Crippen LogP) is 3.88. The first-order valence-corrected chi connectivity index (χ1v) is 11.9. The fraction of sp³-hybridized carbons (Fsp3) is 0.407. The lowest BCUT2D eigenvalue weighted by atomic mass is 9.94. The van der Waals surface area contributed by atoms with Gasteiger partial charge in [0.15, 0.2) is 11.5 Å². The molecule has 0 radical (unpaired) electrons. The Morgan fingerprint density at radius 3 is 2.54 bits per heavy atom. The molecule has 2 heterocycles. The molecule has 1 fully saturated rings. The second kappa shape index (κ2) is 10.4. The van der Waals surface area contributed by atoms with Gasteiger partial charge >= 0.3 is 0 Å². The van der Waals surface area contributed by atoms with Crippen molar-refractivity contribution in [2.45, 2.75) is 39.3 Å². The molecular formula is C27H31NO7. The fourth-order valence-corrected chi connectivity index (χ4v) is 4.61. The highest BCUT2D eigenvalue weighted by atomic mass is 16.5. The molecule has 0 saturated carbocycles. The Labute approximate surface area is 205 Å². The number of hydrogen-bond acceptors (Lipinski definition) is 7. The van der Waals surface area contributed by atoms with E-state index < -0.39 is 17.7 Å². The number of carbonyl (C=O) groups is 2. The minimum Gasteiger partial charge on any atom is -0.507 e. The van der Waals surface area contributed by atoms with Gasteiger partial charge in [-0.2, -0.15) is 0 Å². The van der Waals surface area contributed by atoms with Crippen molar-refractivity contribution in [3.8, 4) is 17.2 Å². The van der Waals surface area contributed by atoms with Crippen molar-refractivity contribution in [1.82, 2.24) is 4.90 Å². The zero-order valence-corrected chi connectivity index (χ0v) is 20.5. The van der Waals surface area contributed by atoms with Gasteiger partial charge in [0.05, 0.1) is 31.4 Å². The van der Waals surface area contributed by atoms with E-state index in [0.29, 0.717) is 42.3 Å². The molecule has 8 nitrogen and oxygen atoms in total. The molecule has 35 heavy (non-hydrogen) atoms. The molecule has 8 heteroatoms. The number of nitrogens with zero attached hydrogens (tertiary/aromatic N) is 1. The Bertz CT molecular complexity index is 1160. The van der Waals surface area contributed by atoms with Crippen LogP contribution in [-0.2, 0) is 20.7 Å². The van der Waals surface area contributed by atoms with E-state index in [-0.39, 0.29) is 30.6 Å². The number of hydrogen-bond donors (Lipinski definition) is 1. The van der Waals surface area contributed by atoms with E-state index in [9.17, 15) is 14.7 Å². The normalized spacial score (nSPS) is 20.6. The summed E-state index contributed by atoms with van der Waals surface area (Å²) in [7, 11) is 1.53. The maximum absolute atomic E-state index is 13.2. The van der Waals surface area contributed by atoms with Gasteiger partial charge in [-0.25, -0.2) is 0 Å². The quantitative estimate of drug-likeness (QED) is 0.330. The molecule has 2 aliphatic heterocycles. The maximum atomic E-state index is 13.2. The van der Waals surface area contributed by atoms with Crippen molar-refractivity contribution in [3.63, 3.8) is 0 Å². The number of ether oxygens (including phenoxy) is 4. The lowest BCUT2D eigenvalue weighted by molar-refractivity contribution is -0.140. The molecule has 2 aromatic rings. The number of carbonyl (C=O) groups excluding carboxylic acids is 2. The number of amides is 1. The number of ketones is 1. The highest BCUT2D eigenvalue weighted by molar-refractivity contribution is 6.46. The van der Waals surface area contributed by atoms with Gasteiger partial charge in [0.25, 0.3) is 11.7 Å². The number of benzene rings is 2. The van der Waals surface area contributed by atoms with E-state index in [1.165, 1.54) is 12.0 Å². The Kier molecular flexibility index (Phi) is 7.31. The lowest BCUT2D eigenvalue weighted by Crippen LogP contribution is -2.32. The van der Waals surface area contributed by atoms with E-state index in [1.807, 2.05) is 26.8 Å². The first-order chi connectivity index (χ1) is 16.9. The van der Waals surface area contributed by atoms with Crippen molar-refractivity contribution >= 4 is 17.4 Å². The van der Waals surface area contributed by atoms with Gasteiger partial charge in [-0.1, -0.05) is 6.07 Å². The molecule has 1 N–H and O–H groups in total. The van der Waals surface area contributed by atoms with E-state index in [4.69, 9.17) is 18.9 Å². The second-order valence-corrected chi connectivity index (χ2v) is 8.51. The first-order valence-electron chi connectivity index (χ1n) is 11.9. The van der Waals surface area contributed by atoms with Crippen LogP contribution >= 0.6 is 0 Å². The highest BCUT2D eigenvalue weighted by Crippen LogP contribution is 2.42. The lowest BCUT2D eigenvalue weighted by Gasteiger charge is -2.26. The summed E-state index contributed by atoms with van der Waals surface area (Å²) in [5, 5.41) is 11.3. The number of methoxy groups -OCH3 is 1. The van der Waals surface area contributed by atoms with Crippen LogP contribution in [-0.4, -0.2) is 61.3 Å². The van der Waals surface area contributed by atoms with Crippen LogP contribution in [0.2, 0.25) is 0 Å². The van der Waals surface area contributed by atoms with Crippen molar-refractivity contribution < 1.29 is 33.6 Å². The van der Waals surface area contributed by atoms with Crippen LogP contribution in [0.25, 0.3) is 5.76 Å². The number of Topliss-reactive ketones (excluding diaryl/α,β-unsaturated/α-hetero) is 1. The summed E-state index contributed by atoms with van der Waals surface area (Å²) in [6, 6.07) is 9.81. The second-order valence-electron chi connectivity index (χ2n) is 8.51. The van der Waals surface area contributed by atoms with Crippen LogP contribution in [0.15, 0.2) is 42.0 Å². The number of fused-ring (bicyclic) bond motifs is 1. The molecule has 0 unspecified atom stereocenters. The molecule has 0 bridgehead atoms. The molecule has 2 aromatic carbocycles. The molecule has 2 aliphatic rings. The number of aliphatic hydroxyl groups excluding tert-OH is 1. The molecule has 1 saturated heterocycles. The van der Waals surface area contributed by atoms with Gasteiger partial charge in [0, 0.05) is 25.6 Å². The van der Waals surface area contributed by atoms with Gasteiger partial charge in [0.1, 0.15) is 17.6 Å². The standard InChI is InChI=1S/C27H31NO7/c1-5-33-21-10-7-17(15-22(21)34-6-2)24-23(26(30)27(31)28(24)11-12-32-4)25(29)18-8-9-20-19(14-18)13-16(3)35-20/h7-10,14-16,24,29H,5-6,11-13H2,1-4H3/b25-23+/t16-,24-/m0/s1. The zero-order valence-electron chi connectivity index (χ0n) is 20.5. The molecule has 2 atom stereocenters.